The van der Waals surface area contributed by atoms with Gasteiger partial charge in [-0.1, -0.05) is 0 Å². The first kappa shape index (κ1) is 23.1. The molecule has 5 rings (SSSR count). The average Bonchev–Trinajstić information content (AvgIpc) is 3.49. The molecule has 4 heterocycles. The predicted molar refractivity (Wildman–Crippen MR) is 134 cm³/mol. The third-order valence-electron chi connectivity index (χ3n) is 5.25. The summed E-state index contributed by atoms with van der Waals surface area (Å²) in [6.45, 7) is 9.92. The summed E-state index contributed by atoms with van der Waals surface area (Å²) in [7, 11) is 0. The van der Waals surface area contributed by atoms with Gasteiger partial charge in [-0.15, -0.1) is 0 Å². The number of nitrogens with zero attached hydrogens (tertiary/aromatic N) is 5. The molecule has 34 heavy (non-hydrogen) atoms. The van der Waals surface area contributed by atoms with Crippen molar-refractivity contribution in [1.82, 2.24) is 29.7 Å². The van der Waals surface area contributed by atoms with E-state index in [1.165, 1.54) is 11.5 Å². The van der Waals surface area contributed by atoms with Crippen LogP contribution in [0.3, 0.4) is 0 Å². The number of H-pyrrole nitrogens is 1. The molecule has 0 spiro atoms. The molecule has 0 aliphatic carbocycles. The summed E-state index contributed by atoms with van der Waals surface area (Å²) in [4.78, 5) is 14.5. The van der Waals surface area contributed by atoms with Crippen molar-refractivity contribution < 1.29 is 9.47 Å². The Balaban J connectivity index is 1.53. The van der Waals surface area contributed by atoms with Gasteiger partial charge < -0.3 is 0 Å². The minimum absolute atomic E-state index is 0.212. The topological polar surface area (TPSA) is 117 Å². The Morgan fingerprint density at radius 2 is 1.97 bits per heavy atom. The van der Waals surface area contributed by atoms with Crippen LogP contribution in [-0.2, 0) is 6.54 Å². The van der Waals surface area contributed by atoms with Crippen LogP contribution in [0.25, 0.3) is 22.4 Å². The zero-order valence-electron chi connectivity index (χ0n) is 19.6. The van der Waals surface area contributed by atoms with Gasteiger partial charge in [0.1, 0.15) is 0 Å². The first-order valence-corrected chi connectivity index (χ1v) is 14.5. The van der Waals surface area contributed by atoms with E-state index < -0.39 is 0 Å². The SMILES string of the molecule is Cc1cc(-c2cc3c(cc2Sc2nc4c(N)ncnc4n2CC[As]CC(C)(C)C)OCO3)n[nH]1. The molecule has 0 atom stereocenters. The number of ether oxygens (including phenoxy) is 2. The number of nitrogens with one attached hydrogen (secondary N) is 1. The molecule has 1 aliphatic heterocycles. The van der Waals surface area contributed by atoms with Gasteiger partial charge in [-0.3, -0.25) is 0 Å². The molecule has 0 unspecified atom stereocenters. The van der Waals surface area contributed by atoms with Crippen molar-refractivity contribution in [2.45, 2.75) is 54.7 Å². The molecule has 1 radical (unpaired) electrons. The standard InChI is InChI=1S/C23H27AsN7O2S/c1-13-7-15(30-29-13)14-8-16-17(33-12-32-16)9-18(14)34-22-28-19-20(25)26-11-27-21(19)31(22)6-5-24-10-23(2,3)4/h7-9,11H,5-6,10,12H2,1-4H3,(H,29,30)(H2,25,26,27). The predicted octanol–water partition coefficient (Wildman–Crippen LogP) is 4.57. The van der Waals surface area contributed by atoms with E-state index in [0.717, 1.165) is 55.9 Å². The Hall–Kier alpha value is -2.71. The van der Waals surface area contributed by atoms with Gasteiger partial charge in [0.05, 0.1) is 0 Å². The van der Waals surface area contributed by atoms with Gasteiger partial charge in [0.15, 0.2) is 0 Å². The fraction of sp³-hybridized carbons (Fsp3) is 0.391. The van der Waals surface area contributed by atoms with E-state index in [1.807, 2.05) is 25.1 Å². The van der Waals surface area contributed by atoms with Gasteiger partial charge >= 0.3 is 209 Å². The van der Waals surface area contributed by atoms with Gasteiger partial charge in [0, 0.05) is 0 Å². The van der Waals surface area contributed by atoms with E-state index in [1.54, 1.807) is 11.8 Å². The molecule has 1 aliphatic rings. The first-order valence-electron chi connectivity index (χ1n) is 11.0. The molecule has 9 nitrogen and oxygen atoms in total. The summed E-state index contributed by atoms with van der Waals surface area (Å²) in [6, 6.07) is 6.00. The van der Waals surface area contributed by atoms with E-state index in [-0.39, 0.29) is 22.5 Å². The van der Waals surface area contributed by atoms with Gasteiger partial charge in [-0.05, 0) is 0 Å². The minimum atomic E-state index is 0.212. The van der Waals surface area contributed by atoms with Gasteiger partial charge in [-0.25, -0.2) is 0 Å². The van der Waals surface area contributed by atoms with E-state index in [4.69, 9.17) is 20.2 Å². The summed E-state index contributed by atoms with van der Waals surface area (Å²) in [5.41, 5.74) is 10.7. The summed E-state index contributed by atoms with van der Waals surface area (Å²) in [6.07, 6.45) is 1.51. The number of fused-ring (bicyclic) bond motifs is 2. The Morgan fingerprint density at radius 1 is 1.18 bits per heavy atom. The number of hydrogen-bond acceptors (Lipinski definition) is 8. The third kappa shape index (κ3) is 4.74. The number of aromatic nitrogens is 6. The van der Waals surface area contributed by atoms with Crippen LogP contribution in [0, 0.1) is 12.3 Å². The Bertz CT molecular complexity index is 1350. The maximum atomic E-state index is 6.16. The van der Waals surface area contributed by atoms with E-state index in [2.05, 4.69) is 45.5 Å². The van der Waals surface area contributed by atoms with Crippen LogP contribution in [0.4, 0.5) is 5.82 Å². The third-order valence-corrected chi connectivity index (χ3v) is 9.85. The van der Waals surface area contributed by atoms with Crippen LogP contribution in [0.5, 0.6) is 11.5 Å². The number of anilines is 1. The van der Waals surface area contributed by atoms with Crippen molar-refractivity contribution in [1.29, 1.82) is 0 Å². The molecule has 0 fully saturated rings. The molecule has 11 heteroatoms. The number of benzene rings is 1. The molecule has 0 saturated carbocycles. The Morgan fingerprint density at radius 3 is 2.71 bits per heavy atom. The van der Waals surface area contributed by atoms with Gasteiger partial charge in [-0.2, -0.15) is 0 Å². The molecule has 3 N–H and O–H groups in total. The van der Waals surface area contributed by atoms with Gasteiger partial charge in [0.2, 0.25) is 0 Å². The summed E-state index contributed by atoms with van der Waals surface area (Å²) < 4.78 is 13.5. The molecular formula is C23H27AsN7O2S. The van der Waals surface area contributed by atoms with E-state index >= 15 is 0 Å². The zero-order chi connectivity index (χ0) is 23.9. The number of nitrogen functional groups attached to an aromatic ring is 1. The fourth-order valence-corrected chi connectivity index (χ4v) is 7.18. The van der Waals surface area contributed by atoms with Crippen molar-refractivity contribution in [3.05, 3.63) is 30.2 Å². The van der Waals surface area contributed by atoms with Crippen molar-refractivity contribution >= 4 is 44.5 Å². The van der Waals surface area contributed by atoms with Crippen molar-refractivity contribution in [2.24, 2.45) is 5.41 Å². The summed E-state index contributed by atoms with van der Waals surface area (Å²) in [5, 5.41) is 10.7. The summed E-state index contributed by atoms with van der Waals surface area (Å²) >= 11 is 1.78. The number of rotatable bonds is 7. The van der Waals surface area contributed by atoms with Crippen LogP contribution in [0.15, 0.2) is 34.6 Å². The van der Waals surface area contributed by atoms with Crippen molar-refractivity contribution in [3.8, 4) is 22.8 Å². The molecular weight excluding hydrogens is 513 g/mol. The van der Waals surface area contributed by atoms with Crippen LogP contribution in [-0.4, -0.2) is 52.3 Å². The van der Waals surface area contributed by atoms with Crippen molar-refractivity contribution in [3.63, 3.8) is 0 Å². The Kier molecular flexibility index (Phi) is 6.20. The Labute approximate surface area is 208 Å². The van der Waals surface area contributed by atoms with E-state index in [9.17, 15) is 0 Å². The zero-order valence-corrected chi connectivity index (χ0v) is 22.3. The number of hydrogen-bond donors (Lipinski definition) is 2. The molecule has 0 amide bonds. The van der Waals surface area contributed by atoms with Gasteiger partial charge in [0.25, 0.3) is 0 Å². The normalized spacial score (nSPS) is 13.5. The quantitative estimate of drug-likeness (QED) is 0.259. The molecule has 0 saturated heterocycles. The second-order valence-corrected chi connectivity index (χ2v) is 12.9. The molecule has 177 valence electrons. The summed E-state index contributed by atoms with van der Waals surface area (Å²) in [5.74, 6) is 1.83. The monoisotopic (exact) mass is 540 g/mol. The second kappa shape index (κ2) is 9.15. The molecule has 4 aromatic rings. The fourth-order valence-electron chi connectivity index (χ4n) is 3.66. The number of aromatic amines is 1. The van der Waals surface area contributed by atoms with Crippen LogP contribution in [0.1, 0.15) is 26.5 Å². The van der Waals surface area contributed by atoms with Crippen molar-refractivity contribution in [2.75, 3.05) is 12.5 Å². The molecule has 3 aromatic heterocycles. The van der Waals surface area contributed by atoms with Crippen LogP contribution in [0.2, 0.25) is 10.4 Å². The second-order valence-electron chi connectivity index (χ2n) is 9.38. The number of nitrogens with two attached hydrogens (primary N) is 1. The van der Waals surface area contributed by atoms with Crippen LogP contribution >= 0.6 is 11.8 Å². The first-order chi connectivity index (χ1) is 16.3. The number of imidazole rings is 1. The molecule has 1 aromatic carbocycles. The maximum absolute atomic E-state index is 6.16. The van der Waals surface area contributed by atoms with Crippen LogP contribution < -0.4 is 15.2 Å². The number of aryl methyl sites for hydroxylation is 2. The van der Waals surface area contributed by atoms with E-state index in [0.29, 0.717) is 16.7 Å². The average molecular weight is 541 g/mol. The molecule has 0 bridgehead atoms.